The first kappa shape index (κ1) is 13.9. The molecule has 0 bridgehead atoms. The molecule has 1 aliphatic heterocycles. The largest absolute Gasteiger partial charge is 0.368 e. The molecular formula is C17H27N3. The Balaban J connectivity index is 1.68. The minimum Gasteiger partial charge on any atom is -0.368 e. The standard InChI is InChI=1S/C17H27N3/c1-2-9-18-13-15-12-16(7-10-19-15)20-11-8-14-5-3-4-6-17(14)20/h7,10,12,14,17-18H,2-6,8-9,11,13H2,1H3. The number of aromatic nitrogens is 1. The molecule has 1 aromatic rings. The summed E-state index contributed by atoms with van der Waals surface area (Å²) in [6.07, 6.45) is 10.2. The first-order valence-corrected chi connectivity index (χ1v) is 8.31. The molecule has 2 aliphatic rings. The molecule has 3 nitrogen and oxygen atoms in total. The van der Waals surface area contributed by atoms with E-state index in [-0.39, 0.29) is 0 Å². The van der Waals surface area contributed by atoms with Gasteiger partial charge < -0.3 is 10.2 Å². The minimum atomic E-state index is 0.794. The Hall–Kier alpha value is -1.09. The van der Waals surface area contributed by atoms with Crippen molar-refractivity contribution in [1.82, 2.24) is 10.3 Å². The van der Waals surface area contributed by atoms with Crippen LogP contribution in [0.5, 0.6) is 0 Å². The fraction of sp³-hybridized carbons (Fsp3) is 0.706. The lowest BCUT2D eigenvalue weighted by Gasteiger charge is -2.33. The van der Waals surface area contributed by atoms with E-state index in [1.807, 2.05) is 6.20 Å². The first-order valence-electron chi connectivity index (χ1n) is 8.31. The summed E-state index contributed by atoms with van der Waals surface area (Å²) in [6, 6.07) is 5.28. The van der Waals surface area contributed by atoms with Gasteiger partial charge in [-0.1, -0.05) is 19.8 Å². The molecule has 2 heterocycles. The summed E-state index contributed by atoms with van der Waals surface area (Å²) in [5.74, 6) is 0.943. The molecular weight excluding hydrogens is 246 g/mol. The van der Waals surface area contributed by atoms with E-state index in [9.17, 15) is 0 Å². The Labute approximate surface area is 122 Å². The predicted octanol–water partition coefficient (Wildman–Crippen LogP) is 3.35. The summed E-state index contributed by atoms with van der Waals surface area (Å²) in [5.41, 5.74) is 2.57. The van der Waals surface area contributed by atoms with Crippen LogP contribution >= 0.6 is 0 Å². The second kappa shape index (κ2) is 6.57. The fourth-order valence-corrected chi connectivity index (χ4v) is 3.86. The van der Waals surface area contributed by atoms with Crippen molar-refractivity contribution < 1.29 is 0 Å². The third-order valence-corrected chi connectivity index (χ3v) is 4.87. The fourth-order valence-electron chi connectivity index (χ4n) is 3.86. The number of hydrogen-bond acceptors (Lipinski definition) is 3. The summed E-state index contributed by atoms with van der Waals surface area (Å²) >= 11 is 0. The van der Waals surface area contributed by atoms with Crippen molar-refractivity contribution in [3.63, 3.8) is 0 Å². The summed E-state index contributed by atoms with van der Waals surface area (Å²) in [5, 5.41) is 3.44. The number of pyridine rings is 1. The van der Waals surface area contributed by atoms with E-state index < -0.39 is 0 Å². The van der Waals surface area contributed by atoms with Crippen molar-refractivity contribution in [3.05, 3.63) is 24.0 Å². The van der Waals surface area contributed by atoms with Crippen LogP contribution in [0.25, 0.3) is 0 Å². The van der Waals surface area contributed by atoms with E-state index in [0.717, 1.165) is 25.0 Å². The molecule has 1 saturated carbocycles. The Morgan fingerprint density at radius 2 is 2.20 bits per heavy atom. The average molecular weight is 273 g/mol. The number of nitrogens with zero attached hydrogens (tertiary/aromatic N) is 2. The molecule has 1 aliphatic carbocycles. The first-order chi connectivity index (χ1) is 9.88. The summed E-state index contributed by atoms with van der Waals surface area (Å²) in [7, 11) is 0. The zero-order valence-electron chi connectivity index (χ0n) is 12.6. The minimum absolute atomic E-state index is 0.794. The summed E-state index contributed by atoms with van der Waals surface area (Å²) in [6.45, 7) is 5.40. The highest BCUT2D eigenvalue weighted by Gasteiger charge is 2.35. The molecule has 110 valence electrons. The van der Waals surface area contributed by atoms with Crippen LogP contribution in [0.15, 0.2) is 18.3 Å². The second-order valence-corrected chi connectivity index (χ2v) is 6.28. The molecule has 2 unspecified atom stereocenters. The van der Waals surface area contributed by atoms with Gasteiger partial charge in [0.05, 0.1) is 5.69 Å². The number of fused-ring (bicyclic) bond motifs is 1. The number of nitrogens with one attached hydrogen (secondary N) is 1. The third kappa shape index (κ3) is 2.98. The maximum absolute atomic E-state index is 4.50. The van der Waals surface area contributed by atoms with Crippen molar-refractivity contribution in [1.29, 1.82) is 0 Å². The van der Waals surface area contributed by atoms with E-state index in [1.54, 1.807) is 0 Å². The highest BCUT2D eigenvalue weighted by molar-refractivity contribution is 5.49. The maximum atomic E-state index is 4.50. The quantitative estimate of drug-likeness (QED) is 0.834. The highest BCUT2D eigenvalue weighted by Crippen LogP contribution is 2.38. The average Bonchev–Trinajstić information content (AvgIpc) is 2.92. The van der Waals surface area contributed by atoms with Gasteiger partial charge in [-0.05, 0) is 50.3 Å². The molecule has 0 radical (unpaired) electrons. The second-order valence-electron chi connectivity index (χ2n) is 6.28. The van der Waals surface area contributed by atoms with Crippen molar-refractivity contribution in [2.75, 3.05) is 18.0 Å². The number of rotatable bonds is 5. The number of hydrogen-bond donors (Lipinski definition) is 1. The molecule has 2 atom stereocenters. The molecule has 3 heteroatoms. The number of anilines is 1. The van der Waals surface area contributed by atoms with Crippen molar-refractivity contribution >= 4 is 5.69 Å². The molecule has 3 rings (SSSR count). The van der Waals surface area contributed by atoms with Gasteiger partial charge in [-0.2, -0.15) is 0 Å². The van der Waals surface area contributed by atoms with Gasteiger partial charge in [0, 0.05) is 31.0 Å². The van der Waals surface area contributed by atoms with Crippen LogP contribution in [0, 0.1) is 5.92 Å². The van der Waals surface area contributed by atoms with Gasteiger partial charge in [-0.15, -0.1) is 0 Å². The molecule has 0 amide bonds. The molecule has 20 heavy (non-hydrogen) atoms. The maximum Gasteiger partial charge on any atom is 0.0562 e. The van der Waals surface area contributed by atoms with Crippen molar-refractivity contribution in [2.45, 2.75) is 58.0 Å². The van der Waals surface area contributed by atoms with Crippen LogP contribution in [-0.4, -0.2) is 24.1 Å². The Morgan fingerprint density at radius 3 is 3.10 bits per heavy atom. The van der Waals surface area contributed by atoms with Gasteiger partial charge in [0.1, 0.15) is 0 Å². The lowest BCUT2D eigenvalue weighted by Crippen LogP contribution is -2.34. The van der Waals surface area contributed by atoms with Crippen LogP contribution in [0.1, 0.15) is 51.1 Å². The van der Waals surface area contributed by atoms with E-state index >= 15 is 0 Å². The summed E-state index contributed by atoms with van der Waals surface area (Å²) in [4.78, 5) is 7.15. The lowest BCUT2D eigenvalue weighted by molar-refractivity contribution is 0.342. The molecule has 0 aromatic carbocycles. The van der Waals surface area contributed by atoms with Gasteiger partial charge in [0.25, 0.3) is 0 Å². The Morgan fingerprint density at radius 1 is 1.30 bits per heavy atom. The Bertz CT molecular complexity index is 432. The van der Waals surface area contributed by atoms with Gasteiger partial charge in [0.2, 0.25) is 0 Å². The van der Waals surface area contributed by atoms with Crippen molar-refractivity contribution in [2.24, 2.45) is 5.92 Å². The third-order valence-electron chi connectivity index (χ3n) is 4.87. The molecule has 1 saturated heterocycles. The van der Waals surface area contributed by atoms with Crippen LogP contribution in [-0.2, 0) is 6.54 Å². The van der Waals surface area contributed by atoms with Crippen molar-refractivity contribution in [3.8, 4) is 0 Å². The van der Waals surface area contributed by atoms with Crippen LogP contribution in [0.3, 0.4) is 0 Å². The molecule has 2 fully saturated rings. The van der Waals surface area contributed by atoms with Gasteiger partial charge in [-0.3, -0.25) is 4.98 Å². The Kier molecular flexibility index (Phi) is 4.56. The SMILES string of the molecule is CCCNCc1cc(N2CCC3CCCCC32)ccn1. The van der Waals surface area contributed by atoms with E-state index in [4.69, 9.17) is 0 Å². The van der Waals surface area contributed by atoms with E-state index in [0.29, 0.717) is 0 Å². The molecule has 1 aromatic heterocycles. The van der Waals surface area contributed by atoms with Crippen LogP contribution < -0.4 is 10.2 Å². The zero-order chi connectivity index (χ0) is 13.8. The normalized spacial score (nSPS) is 25.8. The van der Waals surface area contributed by atoms with Crippen LogP contribution in [0.4, 0.5) is 5.69 Å². The summed E-state index contributed by atoms with van der Waals surface area (Å²) < 4.78 is 0. The predicted molar refractivity (Wildman–Crippen MR) is 83.9 cm³/mol. The van der Waals surface area contributed by atoms with Gasteiger partial charge in [-0.25, -0.2) is 0 Å². The van der Waals surface area contributed by atoms with Gasteiger partial charge in [0.15, 0.2) is 0 Å². The lowest BCUT2D eigenvalue weighted by atomic mass is 9.85. The topological polar surface area (TPSA) is 28.2 Å². The molecule has 1 N–H and O–H groups in total. The van der Waals surface area contributed by atoms with Crippen LogP contribution in [0.2, 0.25) is 0 Å². The monoisotopic (exact) mass is 273 g/mol. The smallest absolute Gasteiger partial charge is 0.0562 e. The highest BCUT2D eigenvalue weighted by atomic mass is 15.2. The molecule has 0 spiro atoms. The zero-order valence-corrected chi connectivity index (χ0v) is 12.6. The van der Waals surface area contributed by atoms with E-state index in [2.05, 4.69) is 34.3 Å². The van der Waals surface area contributed by atoms with E-state index in [1.165, 1.54) is 56.5 Å². The van der Waals surface area contributed by atoms with Gasteiger partial charge >= 0.3 is 0 Å².